The maximum atomic E-state index is 13.3. The summed E-state index contributed by atoms with van der Waals surface area (Å²) >= 11 is 7.17. The zero-order chi connectivity index (χ0) is 25.4. The fourth-order valence-electron chi connectivity index (χ4n) is 3.83. The fraction of sp³-hybridized carbons (Fsp3) is 0.200. The van der Waals surface area contributed by atoms with E-state index in [4.69, 9.17) is 21.1 Å². The van der Waals surface area contributed by atoms with Crippen molar-refractivity contribution in [3.05, 3.63) is 80.3 Å². The summed E-state index contributed by atoms with van der Waals surface area (Å²) in [5.74, 6) is -2.34. The van der Waals surface area contributed by atoms with Crippen LogP contribution in [0.2, 0.25) is 5.02 Å². The standard InChI is InChI=1S/C25H21ClN2O6S/c1-12-5-7-14(8-6-12)19-18(20(29)15-9-10-17(33-3)16(26)11-15)21(30)23(31)28(19)25-27-13(2)22(35-25)24(32)34-4/h5-11,19,29H,1-4H3/t19-/m0/s1. The summed E-state index contributed by atoms with van der Waals surface area (Å²) < 4.78 is 9.96. The van der Waals surface area contributed by atoms with Gasteiger partial charge in [-0.05, 0) is 37.6 Å². The molecule has 0 radical (unpaired) electrons. The van der Waals surface area contributed by atoms with Gasteiger partial charge in [0.15, 0.2) is 5.13 Å². The van der Waals surface area contributed by atoms with E-state index >= 15 is 0 Å². The van der Waals surface area contributed by atoms with Gasteiger partial charge >= 0.3 is 11.9 Å². The van der Waals surface area contributed by atoms with Crippen LogP contribution in [0.3, 0.4) is 0 Å². The lowest BCUT2D eigenvalue weighted by atomic mass is 9.95. The molecule has 1 aromatic heterocycles. The SMILES string of the molecule is COC(=O)c1sc(N2C(=O)C(=O)C(=C(O)c3ccc(OC)c(Cl)c3)[C@@H]2c2ccc(C)cc2)nc1C. The largest absolute Gasteiger partial charge is 0.507 e. The van der Waals surface area contributed by atoms with Crippen molar-refractivity contribution in [1.82, 2.24) is 4.98 Å². The molecule has 4 rings (SSSR count). The van der Waals surface area contributed by atoms with Crippen LogP contribution >= 0.6 is 22.9 Å². The number of halogens is 1. The number of aromatic nitrogens is 1. The van der Waals surface area contributed by atoms with Gasteiger partial charge in [0.25, 0.3) is 5.78 Å². The lowest BCUT2D eigenvalue weighted by Crippen LogP contribution is -2.29. The quantitative estimate of drug-likeness (QED) is 0.226. The van der Waals surface area contributed by atoms with E-state index in [0.29, 0.717) is 17.0 Å². The minimum absolute atomic E-state index is 0.118. The van der Waals surface area contributed by atoms with Gasteiger partial charge in [0.1, 0.15) is 16.4 Å². The van der Waals surface area contributed by atoms with Gasteiger partial charge < -0.3 is 14.6 Å². The number of Topliss-reactive ketones (excluding diaryl/α,β-unsaturated/α-hetero) is 1. The molecule has 2 aromatic carbocycles. The van der Waals surface area contributed by atoms with Crippen molar-refractivity contribution in [1.29, 1.82) is 0 Å². The zero-order valence-corrected chi connectivity index (χ0v) is 20.9. The summed E-state index contributed by atoms with van der Waals surface area (Å²) in [6, 6.07) is 10.8. The van der Waals surface area contributed by atoms with Crippen molar-refractivity contribution < 1.29 is 29.0 Å². The minimum atomic E-state index is -0.979. The number of aliphatic hydroxyl groups is 1. The summed E-state index contributed by atoms with van der Waals surface area (Å²) in [5.41, 5.74) is 2.06. The number of anilines is 1. The number of aryl methyl sites for hydroxylation is 2. The van der Waals surface area contributed by atoms with Crippen molar-refractivity contribution in [3.63, 3.8) is 0 Å². The van der Waals surface area contributed by atoms with Crippen molar-refractivity contribution in [2.75, 3.05) is 19.1 Å². The van der Waals surface area contributed by atoms with Gasteiger partial charge in [-0.25, -0.2) is 9.78 Å². The number of rotatable bonds is 5. The Bertz CT molecular complexity index is 1380. The smallest absolute Gasteiger partial charge is 0.350 e. The monoisotopic (exact) mass is 512 g/mol. The van der Waals surface area contributed by atoms with Crippen LogP contribution in [0.25, 0.3) is 5.76 Å². The topological polar surface area (TPSA) is 106 Å². The molecular weight excluding hydrogens is 492 g/mol. The van der Waals surface area contributed by atoms with E-state index in [1.165, 1.54) is 25.2 Å². The summed E-state index contributed by atoms with van der Waals surface area (Å²) in [6.45, 7) is 3.52. The molecule has 1 saturated heterocycles. The molecule has 2 heterocycles. The van der Waals surface area contributed by atoms with Crippen LogP contribution in [0.4, 0.5) is 5.13 Å². The number of nitrogens with zero attached hydrogens (tertiary/aromatic N) is 2. The summed E-state index contributed by atoms with van der Waals surface area (Å²) in [6.07, 6.45) is 0. The molecule has 1 aliphatic heterocycles. The first kappa shape index (κ1) is 24.4. The molecule has 0 aliphatic carbocycles. The molecule has 0 spiro atoms. The van der Waals surface area contributed by atoms with Crippen molar-refractivity contribution >= 4 is 51.5 Å². The van der Waals surface area contributed by atoms with Crippen LogP contribution in [-0.4, -0.2) is 42.0 Å². The highest BCUT2D eigenvalue weighted by molar-refractivity contribution is 7.17. The third-order valence-electron chi connectivity index (χ3n) is 5.62. The highest BCUT2D eigenvalue weighted by Gasteiger charge is 2.48. The maximum Gasteiger partial charge on any atom is 0.350 e. The number of carbonyl (C=O) groups is 3. The van der Waals surface area contributed by atoms with Crippen LogP contribution in [0.5, 0.6) is 5.75 Å². The van der Waals surface area contributed by atoms with Crippen LogP contribution in [0.1, 0.15) is 38.1 Å². The number of hydrogen-bond donors (Lipinski definition) is 1. The van der Waals surface area contributed by atoms with Gasteiger partial charge in [0.2, 0.25) is 0 Å². The Kier molecular flexibility index (Phi) is 6.64. The van der Waals surface area contributed by atoms with Crippen molar-refractivity contribution in [2.24, 2.45) is 0 Å². The summed E-state index contributed by atoms with van der Waals surface area (Å²) in [7, 11) is 2.71. The summed E-state index contributed by atoms with van der Waals surface area (Å²) in [4.78, 5) is 44.5. The number of carbonyl (C=O) groups excluding carboxylic acids is 3. The molecule has 180 valence electrons. The van der Waals surface area contributed by atoms with Gasteiger partial charge in [0.05, 0.1) is 36.6 Å². The van der Waals surface area contributed by atoms with E-state index in [1.807, 2.05) is 19.1 Å². The molecule has 0 bridgehead atoms. The molecule has 0 unspecified atom stereocenters. The Morgan fingerprint density at radius 2 is 1.80 bits per heavy atom. The Labute approximate surface area is 210 Å². The number of methoxy groups -OCH3 is 2. The lowest BCUT2D eigenvalue weighted by Gasteiger charge is -2.23. The lowest BCUT2D eigenvalue weighted by molar-refractivity contribution is -0.132. The highest BCUT2D eigenvalue weighted by Crippen LogP contribution is 2.44. The third-order valence-corrected chi connectivity index (χ3v) is 7.06. The first-order valence-corrected chi connectivity index (χ1v) is 11.6. The minimum Gasteiger partial charge on any atom is -0.507 e. The molecule has 3 aromatic rings. The van der Waals surface area contributed by atoms with Gasteiger partial charge in [-0.2, -0.15) is 0 Å². The third kappa shape index (κ3) is 4.28. The number of aliphatic hydroxyl groups excluding tert-OH is 1. The number of hydrogen-bond acceptors (Lipinski definition) is 8. The predicted molar refractivity (Wildman–Crippen MR) is 132 cm³/mol. The molecule has 1 amide bonds. The van der Waals surface area contributed by atoms with E-state index < -0.39 is 23.7 Å². The van der Waals surface area contributed by atoms with E-state index in [-0.39, 0.29) is 31.9 Å². The van der Waals surface area contributed by atoms with E-state index in [1.54, 1.807) is 31.2 Å². The Morgan fingerprint density at radius 1 is 1.11 bits per heavy atom. The second-order valence-electron chi connectivity index (χ2n) is 7.83. The highest BCUT2D eigenvalue weighted by atomic mass is 35.5. The first-order valence-electron chi connectivity index (χ1n) is 10.4. The zero-order valence-electron chi connectivity index (χ0n) is 19.3. The van der Waals surface area contributed by atoms with Crippen molar-refractivity contribution in [2.45, 2.75) is 19.9 Å². The van der Waals surface area contributed by atoms with Crippen LogP contribution < -0.4 is 9.64 Å². The number of esters is 1. The molecular formula is C25H21ClN2O6S. The molecule has 1 N–H and O–H groups in total. The van der Waals surface area contributed by atoms with Gasteiger partial charge in [-0.3, -0.25) is 14.5 Å². The van der Waals surface area contributed by atoms with Crippen molar-refractivity contribution in [3.8, 4) is 5.75 Å². The number of benzene rings is 2. The number of amides is 1. The number of ketones is 1. The Morgan fingerprint density at radius 3 is 2.40 bits per heavy atom. The molecule has 8 nitrogen and oxygen atoms in total. The normalized spacial score (nSPS) is 17.1. The van der Waals surface area contributed by atoms with Crippen LogP contribution in [-0.2, 0) is 14.3 Å². The second kappa shape index (κ2) is 9.52. The van der Waals surface area contributed by atoms with Crippen LogP contribution in [0.15, 0.2) is 48.0 Å². The average molecular weight is 513 g/mol. The summed E-state index contributed by atoms with van der Waals surface area (Å²) in [5, 5.41) is 11.6. The van der Waals surface area contributed by atoms with E-state index in [9.17, 15) is 19.5 Å². The maximum absolute atomic E-state index is 13.3. The van der Waals surface area contributed by atoms with Gasteiger partial charge in [0, 0.05) is 5.56 Å². The molecule has 0 saturated carbocycles. The molecule has 35 heavy (non-hydrogen) atoms. The predicted octanol–water partition coefficient (Wildman–Crippen LogP) is 4.83. The molecule has 1 atom stereocenters. The fourth-order valence-corrected chi connectivity index (χ4v) is 5.10. The molecule has 1 aliphatic rings. The van der Waals surface area contributed by atoms with Gasteiger partial charge in [-0.1, -0.05) is 52.8 Å². The second-order valence-corrected chi connectivity index (χ2v) is 9.22. The first-order chi connectivity index (χ1) is 16.7. The molecule has 10 heteroatoms. The number of ether oxygens (including phenoxy) is 2. The van der Waals surface area contributed by atoms with E-state index in [0.717, 1.165) is 16.9 Å². The van der Waals surface area contributed by atoms with Crippen LogP contribution in [0, 0.1) is 13.8 Å². The Hall–Kier alpha value is -3.69. The Balaban J connectivity index is 1.93. The average Bonchev–Trinajstić information content (AvgIpc) is 3.35. The van der Waals surface area contributed by atoms with Gasteiger partial charge in [-0.15, -0.1) is 0 Å². The van der Waals surface area contributed by atoms with E-state index in [2.05, 4.69) is 4.98 Å². The molecule has 1 fully saturated rings. The number of thiazole rings is 1.